The predicted molar refractivity (Wildman–Crippen MR) is 84.2 cm³/mol. The number of H-pyrrole nitrogens is 1. The zero-order valence-electron chi connectivity index (χ0n) is 11.2. The molecule has 0 saturated heterocycles. The van der Waals surface area contributed by atoms with Gasteiger partial charge in [-0.1, -0.05) is 30.7 Å². The molecule has 0 spiro atoms. The van der Waals surface area contributed by atoms with E-state index in [-0.39, 0.29) is 6.04 Å². The second-order valence-electron chi connectivity index (χ2n) is 4.83. The molecular formula is C16H16ClN3. The van der Waals surface area contributed by atoms with Gasteiger partial charge in [0.25, 0.3) is 0 Å². The number of hydrogen-bond acceptors (Lipinski definition) is 2. The van der Waals surface area contributed by atoms with E-state index in [1.54, 1.807) is 0 Å². The maximum Gasteiger partial charge on any atom is 0.0651 e. The number of halogens is 1. The summed E-state index contributed by atoms with van der Waals surface area (Å²) in [5, 5.41) is 12.4. The minimum Gasteiger partial charge on any atom is -0.378 e. The number of nitrogens with one attached hydrogen (secondary N) is 2. The van der Waals surface area contributed by atoms with Crippen LogP contribution in [-0.4, -0.2) is 10.2 Å². The predicted octanol–water partition coefficient (Wildman–Crippen LogP) is 4.78. The fraction of sp³-hybridized carbons (Fsp3) is 0.188. The van der Waals surface area contributed by atoms with E-state index < -0.39 is 0 Å². The van der Waals surface area contributed by atoms with Crippen LogP contribution in [0.15, 0.2) is 48.7 Å². The summed E-state index contributed by atoms with van der Waals surface area (Å²) < 4.78 is 0. The topological polar surface area (TPSA) is 40.7 Å². The molecule has 1 atom stereocenters. The van der Waals surface area contributed by atoms with Gasteiger partial charge in [0.15, 0.2) is 0 Å². The molecule has 1 aromatic heterocycles. The van der Waals surface area contributed by atoms with Gasteiger partial charge in [-0.3, -0.25) is 5.10 Å². The van der Waals surface area contributed by atoms with Crippen LogP contribution < -0.4 is 5.32 Å². The van der Waals surface area contributed by atoms with Crippen molar-refractivity contribution < 1.29 is 0 Å². The van der Waals surface area contributed by atoms with E-state index in [9.17, 15) is 0 Å². The fourth-order valence-electron chi connectivity index (χ4n) is 2.38. The number of nitrogens with zero attached hydrogens (tertiary/aromatic N) is 1. The van der Waals surface area contributed by atoms with E-state index >= 15 is 0 Å². The third-order valence-electron chi connectivity index (χ3n) is 3.44. The van der Waals surface area contributed by atoms with Crippen molar-refractivity contribution in [3.8, 4) is 0 Å². The fourth-order valence-corrected chi connectivity index (χ4v) is 2.58. The molecule has 0 radical (unpaired) electrons. The van der Waals surface area contributed by atoms with Gasteiger partial charge in [0, 0.05) is 16.1 Å². The molecule has 0 saturated carbocycles. The Bertz CT molecular complexity index is 720. The number of aromatic nitrogens is 2. The van der Waals surface area contributed by atoms with E-state index in [1.165, 1.54) is 5.56 Å². The molecule has 0 amide bonds. The summed E-state index contributed by atoms with van der Waals surface area (Å²) in [5.41, 5.74) is 3.34. The van der Waals surface area contributed by atoms with E-state index in [0.717, 1.165) is 28.0 Å². The molecule has 3 rings (SSSR count). The highest BCUT2D eigenvalue weighted by Gasteiger charge is 2.10. The Morgan fingerprint density at radius 2 is 2.15 bits per heavy atom. The van der Waals surface area contributed by atoms with Crippen molar-refractivity contribution in [1.82, 2.24) is 10.2 Å². The highest BCUT2D eigenvalue weighted by Crippen LogP contribution is 2.26. The maximum absolute atomic E-state index is 6.07. The summed E-state index contributed by atoms with van der Waals surface area (Å²) in [6, 6.07) is 14.5. The Morgan fingerprint density at radius 1 is 1.25 bits per heavy atom. The van der Waals surface area contributed by atoms with Crippen molar-refractivity contribution >= 4 is 28.2 Å². The minimum atomic E-state index is 0.248. The average Bonchev–Trinajstić information content (AvgIpc) is 2.92. The zero-order chi connectivity index (χ0) is 13.9. The number of benzene rings is 2. The normalized spacial score (nSPS) is 12.5. The van der Waals surface area contributed by atoms with Crippen LogP contribution in [0.1, 0.15) is 24.9 Å². The highest BCUT2D eigenvalue weighted by atomic mass is 35.5. The second-order valence-corrected chi connectivity index (χ2v) is 5.27. The van der Waals surface area contributed by atoms with E-state index in [2.05, 4.69) is 40.6 Å². The van der Waals surface area contributed by atoms with Crippen LogP contribution in [0.3, 0.4) is 0 Å². The second kappa shape index (κ2) is 5.55. The largest absolute Gasteiger partial charge is 0.378 e. The molecule has 0 aliphatic heterocycles. The number of hydrogen-bond donors (Lipinski definition) is 2. The monoisotopic (exact) mass is 285 g/mol. The first-order chi connectivity index (χ1) is 9.76. The summed E-state index contributed by atoms with van der Waals surface area (Å²) in [6.45, 7) is 2.16. The van der Waals surface area contributed by atoms with Crippen LogP contribution in [0.5, 0.6) is 0 Å². The van der Waals surface area contributed by atoms with Crippen molar-refractivity contribution in [2.24, 2.45) is 0 Å². The average molecular weight is 286 g/mol. The molecule has 0 aliphatic carbocycles. The summed E-state index contributed by atoms with van der Waals surface area (Å²) >= 11 is 6.07. The summed E-state index contributed by atoms with van der Waals surface area (Å²) in [7, 11) is 0. The number of rotatable bonds is 4. The van der Waals surface area contributed by atoms with Gasteiger partial charge < -0.3 is 5.32 Å². The number of aromatic amines is 1. The molecule has 3 aromatic rings. The number of fused-ring (bicyclic) bond motifs is 1. The molecule has 1 heterocycles. The first-order valence-electron chi connectivity index (χ1n) is 6.71. The molecule has 2 N–H and O–H groups in total. The Balaban J connectivity index is 1.87. The van der Waals surface area contributed by atoms with Crippen molar-refractivity contribution in [2.45, 2.75) is 19.4 Å². The van der Waals surface area contributed by atoms with Crippen molar-refractivity contribution in [1.29, 1.82) is 0 Å². The molecule has 20 heavy (non-hydrogen) atoms. The lowest BCUT2D eigenvalue weighted by Gasteiger charge is -2.19. The molecule has 102 valence electrons. The standard InChI is InChI=1S/C16H16ClN3/c1-2-15(11-4-3-5-13(17)8-11)19-14-6-7-16-12(9-14)10-18-20-16/h3-10,15,19H,2H2,1H3,(H,18,20). The SMILES string of the molecule is CCC(Nc1ccc2[nH]ncc2c1)c1cccc(Cl)c1. The molecule has 2 aromatic carbocycles. The van der Waals surface area contributed by atoms with Crippen LogP contribution in [-0.2, 0) is 0 Å². The van der Waals surface area contributed by atoms with Gasteiger partial charge in [-0.2, -0.15) is 5.10 Å². The van der Waals surface area contributed by atoms with Crippen molar-refractivity contribution in [3.63, 3.8) is 0 Å². The Kier molecular flexibility index (Phi) is 3.61. The lowest BCUT2D eigenvalue weighted by molar-refractivity contribution is 0.750. The molecule has 0 fully saturated rings. The minimum absolute atomic E-state index is 0.248. The van der Waals surface area contributed by atoms with Gasteiger partial charge in [0.2, 0.25) is 0 Å². The summed E-state index contributed by atoms with van der Waals surface area (Å²) in [6.07, 6.45) is 2.82. The van der Waals surface area contributed by atoms with Gasteiger partial charge in [-0.05, 0) is 42.3 Å². The zero-order valence-corrected chi connectivity index (χ0v) is 12.0. The summed E-state index contributed by atoms with van der Waals surface area (Å²) in [4.78, 5) is 0. The maximum atomic E-state index is 6.07. The third kappa shape index (κ3) is 2.63. The van der Waals surface area contributed by atoms with Crippen LogP contribution in [0.25, 0.3) is 10.9 Å². The van der Waals surface area contributed by atoms with E-state index in [1.807, 2.05) is 30.5 Å². The Morgan fingerprint density at radius 3 is 2.95 bits per heavy atom. The molecule has 0 bridgehead atoms. The lowest BCUT2D eigenvalue weighted by atomic mass is 10.0. The van der Waals surface area contributed by atoms with E-state index in [4.69, 9.17) is 11.6 Å². The first kappa shape index (κ1) is 13.0. The first-order valence-corrected chi connectivity index (χ1v) is 7.09. The Labute approximate surface area is 123 Å². The quantitative estimate of drug-likeness (QED) is 0.724. The van der Waals surface area contributed by atoms with Gasteiger partial charge in [0.1, 0.15) is 0 Å². The van der Waals surface area contributed by atoms with Crippen molar-refractivity contribution in [2.75, 3.05) is 5.32 Å². The molecule has 1 unspecified atom stereocenters. The summed E-state index contributed by atoms with van der Waals surface area (Å²) in [5.74, 6) is 0. The lowest BCUT2D eigenvalue weighted by Crippen LogP contribution is -2.09. The van der Waals surface area contributed by atoms with Crippen LogP contribution in [0.2, 0.25) is 5.02 Å². The van der Waals surface area contributed by atoms with Gasteiger partial charge in [-0.25, -0.2) is 0 Å². The molecule has 0 aliphatic rings. The molecule has 4 heteroatoms. The number of anilines is 1. The van der Waals surface area contributed by atoms with Crippen LogP contribution in [0.4, 0.5) is 5.69 Å². The van der Waals surface area contributed by atoms with Crippen molar-refractivity contribution in [3.05, 3.63) is 59.2 Å². The van der Waals surface area contributed by atoms with E-state index in [0.29, 0.717) is 0 Å². The van der Waals surface area contributed by atoms with Crippen LogP contribution >= 0.6 is 11.6 Å². The van der Waals surface area contributed by atoms with Crippen LogP contribution in [0, 0.1) is 0 Å². The van der Waals surface area contributed by atoms with Gasteiger partial charge in [-0.15, -0.1) is 0 Å². The third-order valence-corrected chi connectivity index (χ3v) is 3.68. The van der Waals surface area contributed by atoms with Gasteiger partial charge >= 0.3 is 0 Å². The Hall–Kier alpha value is -2.00. The molecule has 3 nitrogen and oxygen atoms in total. The van der Waals surface area contributed by atoms with Gasteiger partial charge in [0.05, 0.1) is 17.8 Å². The molecular weight excluding hydrogens is 270 g/mol. The highest BCUT2D eigenvalue weighted by molar-refractivity contribution is 6.30. The smallest absolute Gasteiger partial charge is 0.0651 e.